The molecule has 7 heteroatoms. The Morgan fingerprint density at radius 1 is 1.33 bits per heavy atom. The molecule has 1 heterocycles. The molecular weight excluding hydrogens is 256 g/mol. The van der Waals surface area contributed by atoms with Gasteiger partial charge in [0.05, 0.1) is 21.5 Å². The summed E-state index contributed by atoms with van der Waals surface area (Å²) in [5, 5.41) is 11.1. The van der Waals surface area contributed by atoms with E-state index >= 15 is 0 Å². The highest BCUT2D eigenvalue weighted by Gasteiger charge is 2.09. The molecule has 18 heavy (non-hydrogen) atoms. The maximum atomic E-state index is 11.4. The summed E-state index contributed by atoms with van der Waals surface area (Å²) in [6.07, 6.45) is 4.83. The second-order valence-electron chi connectivity index (χ2n) is 3.80. The van der Waals surface area contributed by atoms with Crippen LogP contribution in [0, 0.1) is 10.1 Å². The van der Waals surface area contributed by atoms with E-state index < -0.39 is 14.8 Å². The van der Waals surface area contributed by atoms with Gasteiger partial charge in [0.15, 0.2) is 9.84 Å². The normalized spacial score (nSPS) is 12.3. The third kappa shape index (κ3) is 2.40. The zero-order valence-electron chi connectivity index (χ0n) is 9.48. The lowest BCUT2D eigenvalue weighted by atomic mass is 10.2. The standard InChI is InChI=1S/C11H10N2O4S/c1-18(16,17)10-3-2-9-4-5-12(11(9)8-10)6-7-13(14)15/h2-8H,1H3. The predicted octanol–water partition coefficient (Wildman–Crippen LogP) is 1.75. The Bertz CT molecular complexity index is 743. The zero-order chi connectivity index (χ0) is 13.3. The minimum absolute atomic E-state index is 0.185. The van der Waals surface area contributed by atoms with Crippen LogP contribution in [-0.2, 0) is 9.84 Å². The molecule has 0 N–H and O–H groups in total. The number of hydrogen-bond donors (Lipinski definition) is 0. The van der Waals surface area contributed by atoms with Gasteiger partial charge in [-0.1, -0.05) is 6.07 Å². The fourth-order valence-electron chi connectivity index (χ4n) is 1.62. The average molecular weight is 266 g/mol. The van der Waals surface area contributed by atoms with Gasteiger partial charge in [-0.15, -0.1) is 0 Å². The lowest BCUT2D eigenvalue weighted by Crippen LogP contribution is -1.97. The first-order chi connectivity index (χ1) is 8.38. The highest BCUT2D eigenvalue weighted by molar-refractivity contribution is 7.90. The van der Waals surface area contributed by atoms with Crippen LogP contribution in [0.4, 0.5) is 0 Å². The van der Waals surface area contributed by atoms with Crippen molar-refractivity contribution in [3.8, 4) is 0 Å². The Balaban J connectivity index is 2.60. The number of nitrogens with zero attached hydrogens (tertiary/aromatic N) is 2. The van der Waals surface area contributed by atoms with Gasteiger partial charge in [-0.2, -0.15) is 0 Å². The molecule has 0 aliphatic rings. The number of hydrogen-bond acceptors (Lipinski definition) is 4. The van der Waals surface area contributed by atoms with Gasteiger partial charge >= 0.3 is 0 Å². The second kappa shape index (κ2) is 4.26. The lowest BCUT2D eigenvalue weighted by Gasteiger charge is -2.00. The van der Waals surface area contributed by atoms with Gasteiger partial charge in [0.25, 0.3) is 6.20 Å². The predicted molar refractivity (Wildman–Crippen MR) is 67.4 cm³/mol. The van der Waals surface area contributed by atoms with E-state index in [9.17, 15) is 18.5 Å². The van der Waals surface area contributed by atoms with Crippen molar-refractivity contribution in [2.75, 3.05) is 6.26 Å². The summed E-state index contributed by atoms with van der Waals surface area (Å²) in [5.74, 6) is 0. The Labute approximate surface area is 103 Å². The quantitative estimate of drug-likeness (QED) is 0.626. The van der Waals surface area contributed by atoms with Crippen molar-refractivity contribution in [2.24, 2.45) is 0 Å². The van der Waals surface area contributed by atoms with E-state index in [-0.39, 0.29) is 4.90 Å². The highest BCUT2D eigenvalue weighted by atomic mass is 32.2. The van der Waals surface area contributed by atoms with Crippen molar-refractivity contribution >= 4 is 26.9 Å². The van der Waals surface area contributed by atoms with E-state index in [0.29, 0.717) is 5.52 Å². The fourth-order valence-corrected chi connectivity index (χ4v) is 2.26. The minimum Gasteiger partial charge on any atom is -0.317 e. The minimum atomic E-state index is -3.29. The summed E-state index contributed by atoms with van der Waals surface area (Å²) in [4.78, 5) is 9.87. The van der Waals surface area contributed by atoms with E-state index in [1.165, 1.54) is 22.9 Å². The van der Waals surface area contributed by atoms with Crippen LogP contribution in [0.2, 0.25) is 0 Å². The van der Waals surface area contributed by atoms with Crippen LogP contribution in [0.25, 0.3) is 17.1 Å². The number of aromatic nitrogens is 1. The largest absolute Gasteiger partial charge is 0.317 e. The topological polar surface area (TPSA) is 82.2 Å². The molecule has 0 radical (unpaired) electrons. The highest BCUT2D eigenvalue weighted by Crippen LogP contribution is 2.20. The molecule has 1 aromatic carbocycles. The number of sulfone groups is 1. The van der Waals surface area contributed by atoms with Crippen LogP contribution in [0.3, 0.4) is 0 Å². The molecule has 0 atom stereocenters. The molecular formula is C11H10N2O4S. The third-order valence-corrected chi connectivity index (χ3v) is 3.58. The van der Waals surface area contributed by atoms with E-state index in [0.717, 1.165) is 17.8 Å². The van der Waals surface area contributed by atoms with Crippen LogP contribution >= 0.6 is 0 Å². The Morgan fingerprint density at radius 3 is 2.67 bits per heavy atom. The molecule has 0 saturated heterocycles. The summed E-state index contributed by atoms with van der Waals surface area (Å²) in [6.45, 7) is 0. The van der Waals surface area contributed by atoms with E-state index in [2.05, 4.69) is 0 Å². The van der Waals surface area contributed by atoms with Crippen LogP contribution in [0.15, 0.2) is 41.6 Å². The molecule has 0 bridgehead atoms. The summed E-state index contributed by atoms with van der Waals surface area (Å²) >= 11 is 0. The van der Waals surface area contributed by atoms with Gasteiger partial charge < -0.3 is 4.57 Å². The van der Waals surface area contributed by atoms with Gasteiger partial charge in [0.2, 0.25) is 0 Å². The monoisotopic (exact) mass is 266 g/mol. The number of nitro groups is 1. The van der Waals surface area contributed by atoms with Crippen LogP contribution in [0.1, 0.15) is 0 Å². The van der Waals surface area contributed by atoms with Crippen molar-refractivity contribution < 1.29 is 13.3 Å². The Kier molecular flexibility index (Phi) is 2.92. The summed E-state index contributed by atoms with van der Waals surface area (Å²) in [7, 11) is -3.29. The molecule has 2 rings (SSSR count). The van der Waals surface area contributed by atoms with Crippen molar-refractivity contribution in [2.45, 2.75) is 4.90 Å². The SMILES string of the molecule is CS(=O)(=O)c1ccc2ccn(C=C[N+](=O)[O-])c2c1. The molecule has 0 amide bonds. The summed E-state index contributed by atoms with van der Waals surface area (Å²) in [5.41, 5.74) is 0.607. The van der Waals surface area contributed by atoms with E-state index in [4.69, 9.17) is 0 Å². The van der Waals surface area contributed by atoms with Gasteiger partial charge in [-0.05, 0) is 18.2 Å². The van der Waals surface area contributed by atoms with Crippen LogP contribution < -0.4 is 0 Å². The van der Waals surface area contributed by atoms with Crippen LogP contribution in [0.5, 0.6) is 0 Å². The molecule has 0 aliphatic carbocycles. The lowest BCUT2D eigenvalue weighted by molar-refractivity contribution is -0.401. The van der Waals surface area contributed by atoms with Gasteiger partial charge in [0.1, 0.15) is 0 Å². The van der Waals surface area contributed by atoms with Gasteiger partial charge in [0, 0.05) is 17.8 Å². The first-order valence-corrected chi connectivity index (χ1v) is 6.89. The fraction of sp³-hybridized carbons (Fsp3) is 0.0909. The Hall–Kier alpha value is -2.15. The first-order valence-electron chi connectivity index (χ1n) is 5.00. The molecule has 0 unspecified atom stereocenters. The molecule has 2 aromatic rings. The average Bonchev–Trinajstić information content (AvgIpc) is 2.67. The zero-order valence-corrected chi connectivity index (χ0v) is 10.3. The molecule has 0 saturated carbocycles. The summed E-state index contributed by atoms with van der Waals surface area (Å²) in [6, 6.07) is 6.43. The van der Waals surface area contributed by atoms with Gasteiger partial charge in [-0.25, -0.2) is 8.42 Å². The number of benzene rings is 1. The van der Waals surface area contributed by atoms with Crippen LogP contribution in [-0.4, -0.2) is 24.2 Å². The molecule has 6 nitrogen and oxygen atoms in total. The van der Waals surface area contributed by atoms with Gasteiger partial charge in [-0.3, -0.25) is 10.1 Å². The number of fused-ring (bicyclic) bond motifs is 1. The maximum Gasteiger partial charge on any atom is 0.250 e. The maximum absolute atomic E-state index is 11.4. The molecule has 1 aromatic heterocycles. The molecule has 0 aliphatic heterocycles. The summed E-state index contributed by atoms with van der Waals surface area (Å²) < 4.78 is 24.4. The van der Waals surface area contributed by atoms with E-state index in [1.807, 2.05) is 0 Å². The molecule has 0 fully saturated rings. The second-order valence-corrected chi connectivity index (χ2v) is 5.82. The molecule has 94 valence electrons. The third-order valence-electron chi connectivity index (χ3n) is 2.47. The smallest absolute Gasteiger partial charge is 0.250 e. The number of rotatable bonds is 3. The van der Waals surface area contributed by atoms with Crippen molar-refractivity contribution in [1.29, 1.82) is 0 Å². The van der Waals surface area contributed by atoms with Crippen molar-refractivity contribution in [3.63, 3.8) is 0 Å². The van der Waals surface area contributed by atoms with Crippen molar-refractivity contribution in [1.82, 2.24) is 4.57 Å². The first kappa shape index (κ1) is 12.3. The Morgan fingerprint density at radius 2 is 2.06 bits per heavy atom. The molecule has 0 spiro atoms. The van der Waals surface area contributed by atoms with Crippen molar-refractivity contribution in [3.05, 3.63) is 46.8 Å². The van der Waals surface area contributed by atoms with E-state index in [1.54, 1.807) is 18.3 Å².